The molecule has 1 aromatic carbocycles. The van der Waals surface area contributed by atoms with Crippen molar-refractivity contribution in [2.24, 2.45) is 0 Å². The molecule has 0 aliphatic heterocycles. The first-order valence-electron chi connectivity index (χ1n) is 9.05. The molecule has 2 aliphatic carbocycles. The van der Waals surface area contributed by atoms with Gasteiger partial charge in [0.25, 0.3) is 0 Å². The van der Waals surface area contributed by atoms with Gasteiger partial charge in [-0.25, -0.2) is 4.39 Å². The predicted molar refractivity (Wildman–Crippen MR) is 95.0 cm³/mol. The van der Waals surface area contributed by atoms with Gasteiger partial charge in [0, 0.05) is 41.5 Å². The van der Waals surface area contributed by atoms with Crippen LogP contribution in [-0.4, -0.2) is 17.2 Å². The van der Waals surface area contributed by atoms with Crippen molar-refractivity contribution in [2.45, 2.75) is 57.7 Å². The van der Waals surface area contributed by atoms with E-state index in [1.54, 1.807) is 13.2 Å². The summed E-state index contributed by atoms with van der Waals surface area (Å²) >= 11 is 0. The zero-order valence-corrected chi connectivity index (χ0v) is 14.8. The summed E-state index contributed by atoms with van der Waals surface area (Å²) in [6.07, 6.45) is 4.59. The van der Waals surface area contributed by atoms with Crippen LogP contribution in [0.15, 0.2) is 18.2 Å². The van der Waals surface area contributed by atoms with Crippen LogP contribution in [-0.2, 0) is 18.0 Å². The lowest BCUT2D eigenvalue weighted by molar-refractivity contribution is 0.183. The summed E-state index contributed by atoms with van der Waals surface area (Å²) in [6.45, 7) is 2.33. The molecule has 4 heteroatoms. The second-order valence-corrected chi connectivity index (χ2v) is 7.31. The molecule has 2 aromatic rings. The minimum absolute atomic E-state index is 0.0490. The van der Waals surface area contributed by atoms with E-state index in [-0.39, 0.29) is 12.4 Å². The van der Waals surface area contributed by atoms with Crippen molar-refractivity contribution >= 4 is 0 Å². The number of halogens is 1. The number of rotatable bonds is 6. The van der Waals surface area contributed by atoms with Crippen LogP contribution in [0.3, 0.4) is 0 Å². The van der Waals surface area contributed by atoms with E-state index in [4.69, 9.17) is 9.72 Å². The van der Waals surface area contributed by atoms with Gasteiger partial charge in [0.05, 0.1) is 13.2 Å². The van der Waals surface area contributed by atoms with Crippen LogP contribution in [0.2, 0.25) is 0 Å². The van der Waals surface area contributed by atoms with Gasteiger partial charge in [0.15, 0.2) is 0 Å². The quantitative estimate of drug-likeness (QED) is 0.835. The van der Waals surface area contributed by atoms with Crippen molar-refractivity contribution in [2.75, 3.05) is 7.11 Å². The Kier molecular flexibility index (Phi) is 4.34. The number of hydrogen-bond donors (Lipinski definition) is 1. The fraction of sp³-hybridized carbons (Fsp3) is 0.476. The van der Waals surface area contributed by atoms with E-state index >= 15 is 0 Å². The minimum Gasteiger partial charge on any atom is -0.392 e. The third kappa shape index (κ3) is 3.09. The highest BCUT2D eigenvalue weighted by Gasteiger charge is 2.35. The number of aryl methyl sites for hydroxylation is 1. The Morgan fingerprint density at radius 3 is 2.28 bits per heavy atom. The van der Waals surface area contributed by atoms with Gasteiger partial charge in [-0.2, -0.15) is 0 Å². The average Bonchev–Trinajstić information content (AvgIpc) is 3.48. The molecule has 132 valence electrons. The van der Waals surface area contributed by atoms with Gasteiger partial charge in [-0.15, -0.1) is 0 Å². The van der Waals surface area contributed by atoms with E-state index in [1.165, 1.54) is 6.07 Å². The van der Waals surface area contributed by atoms with Crippen molar-refractivity contribution in [3.8, 4) is 11.1 Å². The van der Waals surface area contributed by atoms with E-state index < -0.39 is 0 Å². The van der Waals surface area contributed by atoms with Crippen LogP contribution in [0.1, 0.15) is 65.6 Å². The van der Waals surface area contributed by atoms with Gasteiger partial charge >= 0.3 is 0 Å². The van der Waals surface area contributed by atoms with E-state index in [2.05, 4.69) is 0 Å². The Hall–Kier alpha value is -1.78. The topological polar surface area (TPSA) is 42.4 Å². The molecular formula is C21H24FNO2. The lowest BCUT2D eigenvalue weighted by atomic mass is 9.88. The highest BCUT2D eigenvalue weighted by Crippen LogP contribution is 2.49. The van der Waals surface area contributed by atoms with Crippen molar-refractivity contribution in [3.05, 3.63) is 52.1 Å². The lowest BCUT2D eigenvalue weighted by Gasteiger charge is -2.22. The molecule has 1 N–H and O–H groups in total. The number of aliphatic hydroxyl groups is 1. The van der Waals surface area contributed by atoms with Crippen LogP contribution in [0.5, 0.6) is 0 Å². The number of hydrogen-bond acceptors (Lipinski definition) is 3. The molecule has 2 fully saturated rings. The third-order valence-corrected chi connectivity index (χ3v) is 5.30. The number of ether oxygens (including phenoxy) is 1. The molecule has 2 aliphatic rings. The summed E-state index contributed by atoms with van der Waals surface area (Å²) in [4.78, 5) is 5.01. The minimum atomic E-state index is -0.237. The van der Waals surface area contributed by atoms with Gasteiger partial charge in [0.1, 0.15) is 5.82 Å². The number of nitrogens with zero attached hydrogens (tertiary/aromatic N) is 1. The molecule has 0 unspecified atom stereocenters. The smallest absolute Gasteiger partial charge is 0.123 e. The van der Waals surface area contributed by atoms with Crippen molar-refractivity contribution in [1.82, 2.24) is 4.98 Å². The summed E-state index contributed by atoms with van der Waals surface area (Å²) in [6, 6.07) is 4.88. The van der Waals surface area contributed by atoms with E-state index in [0.29, 0.717) is 18.4 Å². The molecule has 1 aromatic heterocycles. The first-order valence-corrected chi connectivity index (χ1v) is 9.05. The molecule has 0 saturated heterocycles. The zero-order chi connectivity index (χ0) is 17.6. The number of aliphatic hydroxyl groups excluding tert-OH is 1. The molecule has 25 heavy (non-hydrogen) atoms. The summed E-state index contributed by atoms with van der Waals surface area (Å²) in [7, 11) is 1.69. The highest BCUT2D eigenvalue weighted by atomic mass is 19.1. The molecule has 0 bridgehead atoms. The first kappa shape index (κ1) is 16.7. The number of benzene rings is 1. The Morgan fingerprint density at radius 2 is 1.76 bits per heavy atom. The fourth-order valence-corrected chi connectivity index (χ4v) is 3.78. The number of methoxy groups -OCH3 is 1. The van der Waals surface area contributed by atoms with Gasteiger partial charge in [-0.05, 0) is 61.4 Å². The van der Waals surface area contributed by atoms with E-state index in [0.717, 1.165) is 64.9 Å². The largest absolute Gasteiger partial charge is 0.392 e. The standard InChI is InChI=1S/C21H24FNO2/c1-12-9-15(22)7-8-16(12)19-17(10-24)20(13-3-4-13)23-21(14-5-6-14)18(19)11-25-2/h7-9,13-14,24H,3-6,10-11H2,1-2H3. The number of pyridine rings is 1. The molecule has 1 heterocycles. The van der Waals surface area contributed by atoms with Crippen LogP contribution in [0.4, 0.5) is 4.39 Å². The second-order valence-electron chi connectivity index (χ2n) is 7.31. The maximum absolute atomic E-state index is 13.6. The Labute approximate surface area is 147 Å². The van der Waals surface area contributed by atoms with E-state index in [1.807, 2.05) is 13.0 Å². The van der Waals surface area contributed by atoms with Crippen LogP contribution < -0.4 is 0 Å². The summed E-state index contributed by atoms with van der Waals surface area (Å²) in [5.74, 6) is 0.713. The highest BCUT2D eigenvalue weighted by molar-refractivity contribution is 5.76. The van der Waals surface area contributed by atoms with Crippen LogP contribution >= 0.6 is 0 Å². The monoisotopic (exact) mass is 341 g/mol. The maximum Gasteiger partial charge on any atom is 0.123 e. The lowest BCUT2D eigenvalue weighted by Crippen LogP contribution is -2.10. The van der Waals surface area contributed by atoms with Crippen molar-refractivity contribution < 1.29 is 14.2 Å². The second kappa shape index (κ2) is 6.50. The van der Waals surface area contributed by atoms with Gasteiger partial charge in [-0.3, -0.25) is 4.98 Å². The first-order chi connectivity index (χ1) is 12.1. The van der Waals surface area contributed by atoms with Gasteiger partial charge in [-0.1, -0.05) is 6.07 Å². The summed E-state index contributed by atoms with van der Waals surface area (Å²) in [5.41, 5.74) is 7.00. The Bertz CT molecular complexity index is 810. The van der Waals surface area contributed by atoms with Crippen molar-refractivity contribution in [3.63, 3.8) is 0 Å². The SMILES string of the molecule is COCc1c(C2CC2)nc(C2CC2)c(CO)c1-c1ccc(F)cc1C. The molecule has 3 nitrogen and oxygen atoms in total. The molecule has 0 spiro atoms. The number of aromatic nitrogens is 1. The van der Waals surface area contributed by atoms with E-state index in [9.17, 15) is 9.50 Å². The van der Waals surface area contributed by atoms with Crippen LogP contribution in [0, 0.1) is 12.7 Å². The third-order valence-electron chi connectivity index (χ3n) is 5.30. The molecule has 0 atom stereocenters. The summed E-state index contributed by atoms with van der Waals surface area (Å²) < 4.78 is 19.1. The van der Waals surface area contributed by atoms with Crippen molar-refractivity contribution in [1.29, 1.82) is 0 Å². The van der Waals surface area contributed by atoms with Gasteiger partial charge < -0.3 is 9.84 Å². The molecule has 4 rings (SSSR count). The predicted octanol–water partition coefficient (Wildman–Crippen LogP) is 4.59. The average molecular weight is 341 g/mol. The molecular weight excluding hydrogens is 317 g/mol. The molecule has 0 radical (unpaired) electrons. The Morgan fingerprint density at radius 1 is 1.12 bits per heavy atom. The summed E-state index contributed by atoms with van der Waals surface area (Å²) in [5, 5.41) is 10.2. The van der Waals surface area contributed by atoms with Crippen LogP contribution in [0.25, 0.3) is 11.1 Å². The molecule has 0 amide bonds. The Balaban J connectivity index is 2.01. The molecule has 2 saturated carbocycles. The maximum atomic E-state index is 13.6. The fourth-order valence-electron chi connectivity index (χ4n) is 3.78. The normalized spacial score (nSPS) is 17.1. The van der Waals surface area contributed by atoms with Gasteiger partial charge in [0.2, 0.25) is 0 Å². The zero-order valence-electron chi connectivity index (χ0n) is 14.8.